The van der Waals surface area contributed by atoms with Crippen LogP contribution in [0.3, 0.4) is 0 Å². The first-order chi connectivity index (χ1) is 9.58. The Kier molecular flexibility index (Phi) is 3.40. The molecule has 0 saturated carbocycles. The largest absolute Gasteiger partial charge is 0.507 e. The van der Waals surface area contributed by atoms with Crippen LogP contribution in [-0.2, 0) is 0 Å². The van der Waals surface area contributed by atoms with Crippen LogP contribution in [0.2, 0.25) is 0 Å². The molecule has 0 radical (unpaired) electrons. The van der Waals surface area contributed by atoms with Crippen molar-refractivity contribution in [3.8, 4) is 5.75 Å². The second-order valence-corrected chi connectivity index (χ2v) is 6.04. The zero-order valence-electron chi connectivity index (χ0n) is 10.2. The average Bonchev–Trinajstić information content (AvgIpc) is 2.79. The van der Waals surface area contributed by atoms with Gasteiger partial charge in [-0.2, -0.15) is 0 Å². The first kappa shape index (κ1) is 13.4. The van der Waals surface area contributed by atoms with Gasteiger partial charge in [-0.1, -0.05) is 6.07 Å². The van der Waals surface area contributed by atoms with Crippen molar-refractivity contribution in [3.63, 3.8) is 0 Å². The SMILES string of the molecule is O=C(c1ccc(O)c(Br)c1)c1cc(Br)c2ccccn12. The van der Waals surface area contributed by atoms with Crippen LogP contribution >= 0.6 is 31.9 Å². The molecule has 0 aliphatic carbocycles. The second-order valence-electron chi connectivity index (χ2n) is 4.33. The van der Waals surface area contributed by atoms with Gasteiger partial charge in [0.1, 0.15) is 5.75 Å². The zero-order valence-corrected chi connectivity index (χ0v) is 13.3. The van der Waals surface area contributed by atoms with Crippen LogP contribution in [-0.4, -0.2) is 15.3 Å². The Labute approximate surface area is 132 Å². The summed E-state index contributed by atoms with van der Waals surface area (Å²) >= 11 is 6.69. The molecule has 5 heteroatoms. The second kappa shape index (κ2) is 5.07. The number of benzene rings is 1. The van der Waals surface area contributed by atoms with Crippen molar-refractivity contribution in [1.29, 1.82) is 0 Å². The minimum atomic E-state index is -0.0994. The Bertz CT molecular complexity index is 824. The minimum absolute atomic E-state index is 0.0994. The normalized spacial score (nSPS) is 10.9. The number of pyridine rings is 1. The van der Waals surface area contributed by atoms with E-state index in [9.17, 15) is 9.90 Å². The van der Waals surface area contributed by atoms with Gasteiger partial charge in [0, 0.05) is 16.2 Å². The van der Waals surface area contributed by atoms with Crippen LogP contribution in [0, 0.1) is 0 Å². The van der Waals surface area contributed by atoms with Gasteiger partial charge in [-0.15, -0.1) is 0 Å². The number of nitrogens with zero attached hydrogens (tertiary/aromatic N) is 1. The Morgan fingerprint density at radius 3 is 2.60 bits per heavy atom. The van der Waals surface area contributed by atoms with Crippen LogP contribution in [0.4, 0.5) is 0 Å². The maximum Gasteiger partial charge on any atom is 0.209 e. The summed E-state index contributed by atoms with van der Waals surface area (Å²) in [4.78, 5) is 12.6. The third kappa shape index (κ3) is 2.17. The maximum atomic E-state index is 12.6. The molecule has 1 aromatic carbocycles. The lowest BCUT2D eigenvalue weighted by Gasteiger charge is -2.04. The van der Waals surface area contributed by atoms with Crippen molar-refractivity contribution < 1.29 is 9.90 Å². The van der Waals surface area contributed by atoms with Gasteiger partial charge in [0.2, 0.25) is 5.78 Å². The first-order valence-electron chi connectivity index (χ1n) is 5.87. The van der Waals surface area contributed by atoms with Gasteiger partial charge in [-0.05, 0) is 68.3 Å². The average molecular weight is 395 g/mol. The summed E-state index contributed by atoms with van der Waals surface area (Å²) in [6.07, 6.45) is 1.85. The van der Waals surface area contributed by atoms with E-state index in [4.69, 9.17) is 0 Å². The Morgan fingerprint density at radius 1 is 1.05 bits per heavy atom. The quantitative estimate of drug-likeness (QED) is 0.654. The number of hydrogen-bond donors (Lipinski definition) is 1. The summed E-state index contributed by atoms with van der Waals surface area (Å²) in [5.41, 5.74) is 2.03. The molecule has 0 spiro atoms. The molecule has 0 saturated heterocycles. The Balaban J connectivity index is 2.15. The van der Waals surface area contributed by atoms with E-state index in [0.717, 1.165) is 9.99 Å². The smallest absolute Gasteiger partial charge is 0.209 e. The lowest BCUT2D eigenvalue weighted by atomic mass is 10.1. The molecule has 0 amide bonds. The van der Waals surface area contributed by atoms with Crippen molar-refractivity contribution in [2.45, 2.75) is 0 Å². The lowest BCUT2D eigenvalue weighted by molar-refractivity contribution is 0.103. The van der Waals surface area contributed by atoms with E-state index >= 15 is 0 Å². The Morgan fingerprint density at radius 2 is 1.85 bits per heavy atom. The summed E-state index contributed by atoms with van der Waals surface area (Å²) in [6.45, 7) is 0. The third-order valence-electron chi connectivity index (χ3n) is 3.07. The molecule has 0 unspecified atom stereocenters. The fourth-order valence-electron chi connectivity index (χ4n) is 2.08. The van der Waals surface area contributed by atoms with Crippen LogP contribution in [0.15, 0.2) is 57.6 Å². The third-order valence-corrected chi connectivity index (χ3v) is 4.34. The number of ketones is 1. The molecule has 20 heavy (non-hydrogen) atoms. The molecule has 2 aromatic heterocycles. The number of aromatic hydroxyl groups is 1. The number of phenols is 1. The van der Waals surface area contributed by atoms with E-state index in [1.165, 1.54) is 6.07 Å². The number of fused-ring (bicyclic) bond motifs is 1. The molecule has 3 aromatic rings. The molecule has 100 valence electrons. The summed E-state index contributed by atoms with van der Waals surface area (Å²) < 4.78 is 3.22. The number of carbonyl (C=O) groups is 1. The van der Waals surface area contributed by atoms with Gasteiger partial charge in [0.25, 0.3) is 0 Å². The number of hydrogen-bond acceptors (Lipinski definition) is 2. The number of halogens is 2. The fraction of sp³-hybridized carbons (Fsp3) is 0. The van der Waals surface area contributed by atoms with Gasteiger partial charge in [-0.25, -0.2) is 0 Å². The van der Waals surface area contributed by atoms with E-state index in [1.807, 2.05) is 28.8 Å². The van der Waals surface area contributed by atoms with Crippen molar-refractivity contribution in [1.82, 2.24) is 4.40 Å². The monoisotopic (exact) mass is 393 g/mol. The van der Waals surface area contributed by atoms with Gasteiger partial charge in [0.15, 0.2) is 0 Å². The maximum absolute atomic E-state index is 12.6. The summed E-state index contributed by atoms with van der Waals surface area (Å²) in [5.74, 6) is 0.0142. The topological polar surface area (TPSA) is 41.7 Å². The first-order valence-corrected chi connectivity index (χ1v) is 7.45. The van der Waals surface area contributed by atoms with E-state index < -0.39 is 0 Å². The van der Waals surface area contributed by atoms with Gasteiger partial charge in [-0.3, -0.25) is 4.79 Å². The standard InChI is InChI=1S/C15H9Br2NO2/c16-10-8-13(18-6-2-1-3-12(10)18)15(20)9-4-5-14(19)11(17)7-9/h1-8,19H. The van der Waals surface area contributed by atoms with Gasteiger partial charge < -0.3 is 9.51 Å². The molecule has 3 nitrogen and oxygen atoms in total. The molecule has 2 heterocycles. The summed E-state index contributed by atoms with van der Waals surface area (Å²) in [5, 5.41) is 9.50. The van der Waals surface area contributed by atoms with Gasteiger partial charge >= 0.3 is 0 Å². The number of rotatable bonds is 2. The molecular formula is C15H9Br2NO2. The number of carbonyl (C=O) groups excluding carboxylic acids is 1. The van der Waals surface area contributed by atoms with Crippen molar-refractivity contribution >= 4 is 43.2 Å². The minimum Gasteiger partial charge on any atom is -0.507 e. The molecule has 0 bridgehead atoms. The zero-order chi connectivity index (χ0) is 14.3. The molecular weight excluding hydrogens is 386 g/mol. The highest BCUT2D eigenvalue weighted by atomic mass is 79.9. The molecule has 0 fully saturated rings. The van der Waals surface area contributed by atoms with E-state index in [0.29, 0.717) is 15.7 Å². The van der Waals surface area contributed by atoms with E-state index in [1.54, 1.807) is 18.2 Å². The summed E-state index contributed by atoms with van der Waals surface area (Å²) in [7, 11) is 0. The summed E-state index contributed by atoms with van der Waals surface area (Å²) in [6, 6.07) is 12.3. The van der Waals surface area contributed by atoms with Crippen molar-refractivity contribution in [2.75, 3.05) is 0 Å². The highest BCUT2D eigenvalue weighted by molar-refractivity contribution is 9.11. The molecule has 0 aliphatic rings. The Hall–Kier alpha value is -1.59. The molecule has 1 N–H and O–H groups in total. The molecule has 0 aliphatic heterocycles. The van der Waals surface area contributed by atoms with Crippen LogP contribution in [0.25, 0.3) is 5.52 Å². The highest BCUT2D eigenvalue weighted by Crippen LogP contribution is 2.28. The molecule has 0 atom stereocenters. The lowest BCUT2D eigenvalue weighted by Crippen LogP contribution is -2.04. The van der Waals surface area contributed by atoms with E-state index in [-0.39, 0.29) is 11.5 Å². The number of phenolic OH excluding ortho intramolecular Hbond substituents is 1. The van der Waals surface area contributed by atoms with Crippen molar-refractivity contribution in [2.24, 2.45) is 0 Å². The predicted molar refractivity (Wildman–Crippen MR) is 84.3 cm³/mol. The van der Waals surface area contributed by atoms with Crippen LogP contribution < -0.4 is 0 Å². The van der Waals surface area contributed by atoms with Gasteiger partial charge in [0.05, 0.1) is 15.7 Å². The van der Waals surface area contributed by atoms with Crippen LogP contribution in [0.1, 0.15) is 16.1 Å². The predicted octanol–water partition coefficient (Wildman–Crippen LogP) is 4.40. The highest BCUT2D eigenvalue weighted by Gasteiger charge is 2.16. The van der Waals surface area contributed by atoms with Crippen LogP contribution in [0.5, 0.6) is 5.75 Å². The number of aromatic nitrogens is 1. The molecule has 3 rings (SSSR count). The van der Waals surface area contributed by atoms with E-state index in [2.05, 4.69) is 31.9 Å². The van der Waals surface area contributed by atoms with Crippen molar-refractivity contribution in [3.05, 3.63) is 68.9 Å². The fourth-order valence-corrected chi connectivity index (χ4v) is 3.00.